The van der Waals surface area contributed by atoms with E-state index in [1.807, 2.05) is 0 Å². The molecule has 7 nitrogen and oxygen atoms in total. The molecule has 0 saturated carbocycles. The highest BCUT2D eigenvalue weighted by molar-refractivity contribution is 5.94. The third kappa shape index (κ3) is 5.23. The standard InChI is InChI=1S/C20H20FN5O2/c1-14(26-13-22-12-23-26)20(28)25-18-8-6-17(7-9-18)24-19(27)10-5-15-3-2-4-16(21)11-15/h2-4,6-9,11-14H,5,10H2,1H3,(H,24,27)(H,25,28)/t14-/m0/s1. The van der Waals surface area contributed by atoms with Crippen LogP contribution in [0, 0.1) is 5.82 Å². The molecule has 0 aliphatic carbocycles. The molecule has 8 heteroatoms. The van der Waals surface area contributed by atoms with Crippen LogP contribution in [-0.2, 0) is 16.0 Å². The largest absolute Gasteiger partial charge is 0.326 e. The number of anilines is 2. The van der Waals surface area contributed by atoms with E-state index in [0.29, 0.717) is 17.8 Å². The number of aromatic nitrogens is 3. The lowest BCUT2D eigenvalue weighted by molar-refractivity contribution is -0.119. The first-order valence-corrected chi connectivity index (χ1v) is 8.80. The van der Waals surface area contributed by atoms with Crippen molar-refractivity contribution in [3.05, 3.63) is 72.6 Å². The van der Waals surface area contributed by atoms with Crippen LogP contribution in [0.15, 0.2) is 61.2 Å². The molecule has 3 rings (SSSR count). The van der Waals surface area contributed by atoms with Gasteiger partial charge in [0.25, 0.3) is 0 Å². The van der Waals surface area contributed by atoms with Crippen LogP contribution < -0.4 is 10.6 Å². The van der Waals surface area contributed by atoms with Crippen LogP contribution in [0.3, 0.4) is 0 Å². The summed E-state index contributed by atoms with van der Waals surface area (Å²) in [6.45, 7) is 1.72. The third-order valence-corrected chi connectivity index (χ3v) is 4.18. The van der Waals surface area contributed by atoms with Gasteiger partial charge in [-0.2, -0.15) is 5.10 Å². The van der Waals surface area contributed by atoms with Gasteiger partial charge in [0.2, 0.25) is 11.8 Å². The predicted octanol–water partition coefficient (Wildman–Crippen LogP) is 3.19. The fraction of sp³-hybridized carbons (Fsp3) is 0.200. The SMILES string of the molecule is C[C@@H](C(=O)Nc1ccc(NC(=O)CCc2cccc(F)c2)cc1)n1cncn1. The average molecular weight is 381 g/mol. The van der Waals surface area contributed by atoms with Crippen LogP contribution in [-0.4, -0.2) is 26.6 Å². The maximum Gasteiger partial charge on any atom is 0.249 e. The molecule has 0 bridgehead atoms. The van der Waals surface area contributed by atoms with Gasteiger partial charge in [0, 0.05) is 17.8 Å². The number of benzene rings is 2. The van der Waals surface area contributed by atoms with Crippen LogP contribution in [0.5, 0.6) is 0 Å². The highest BCUT2D eigenvalue weighted by Crippen LogP contribution is 2.16. The predicted molar refractivity (Wildman–Crippen MR) is 103 cm³/mol. The molecule has 2 aromatic carbocycles. The van der Waals surface area contributed by atoms with E-state index >= 15 is 0 Å². The number of hydrogen-bond donors (Lipinski definition) is 2. The molecule has 0 fully saturated rings. The summed E-state index contributed by atoms with van der Waals surface area (Å²) in [5.41, 5.74) is 2.00. The summed E-state index contributed by atoms with van der Waals surface area (Å²) >= 11 is 0. The van der Waals surface area contributed by atoms with Gasteiger partial charge in [-0.3, -0.25) is 9.59 Å². The summed E-state index contributed by atoms with van der Waals surface area (Å²) in [5, 5.41) is 9.52. The topological polar surface area (TPSA) is 88.9 Å². The van der Waals surface area contributed by atoms with E-state index in [4.69, 9.17) is 0 Å². The molecule has 2 amide bonds. The Morgan fingerprint density at radius 3 is 2.46 bits per heavy atom. The maximum atomic E-state index is 13.2. The first-order chi connectivity index (χ1) is 13.5. The first-order valence-electron chi connectivity index (χ1n) is 8.80. The van der Waals surface area contributed by atoms with Gasteiger partial charge in [0.05, 0.1) is 0 Å². The number of nitrogens with one attached hydrogen (secondary N) is 2. The van der Waals surface area contributed by atoms with Crippen LogP contribution in [0.25, 0.3) is 0 Å². The Balaban J connectivity index is 1.49. The Morgan fingerprint density at radius 2 is 1.82 bits per heavy atom. The van der Waals surface area contributed by atoms with E-state index in [1.165, 1.54) is 29.5 Å². The van der Waals surface area contributed by atoms with Gasteiger partial charge in [-0.05, 0) is 55.3 Å². The van der Waals surface area contributed by atoms with Gasteiger partial charge in [-0.25, -0.2) is 14.1 Å². The smallest absolute Gasteiger partial charge is 0.249 e. The zero-order valence-corrected chi connectivity index (χ0v) is 15.3. The number of hydrogen-bond acceptors (Lipinski definition) is 4. The zero-order valence-electron chi connectivity index (χ0n) is 15.3. The van der Waals surface area contributed by atoms with E-state index < -0.39 is 6.04 Å². The fourth-order valence-corrected chi connectivity index (χ4v) is 2.59. The molecule has 0 aliphatic rings. The van der Waals surface area contributed by atoms with Crippen LogP contribution >= 0.6 is 0 Å². The van der Waals surface area contributed by atoms with Crippen molar-refractivity contribution in [2.75, 3.05) is 10.6 Å². The molecule has 3 aromatic rings. The summed E-state index contributed by atoms with van der Waals surface area (Å²) < 4.78 is 14.6. The normalized spacial score (nSPS) is 11.6. The van der Waals surface area contributed by atoms with E-state index in [1.54, 1.807) is 43.3 Å². The molecule has 1 aromatic heterocycles. The van der Waals surface area contributed by atoms with E-state index in [9.17, 15) is 14.0 Å². The third-order valence-electron chi connectivity index (χ3n) is 4.18. The molecule has 0 spiro atoms. The quantitative estimate of drug-likeness (QED) is 0.658. The second kappa shape index (κ2) is 8.90. The van der Waals surface area contributed by atoms with Gasteiger partial charge in [-0.15, -0.1) is 0 Å². The lowest BCUT2D eigenvalue weighted by Crippen LogP contribution is -2.24. The number of aryl methyl sites for hydroxylation is 1. The molecule has 1 atom stereocenters. The van der Waals surface area contributed by atoms with Gasteiger partial charge >= 0.3 is 0 Å². The molecule has 0 radical (unpaired) electrons. The number of halogens is 1. The second-order valence-corrected chi connectivity index (χ2v) is 6.30. The summed E-state index contributed by atoms with van der Waals surface area (Å²) in [7, 11) is 0. The van der Waals surface area contributed by atoms with Crippen molar-refractivity contribution in [2.45, 2.75) is 25.8 Å². The van der Waals surface area contributed by atoms with Crippen molar-refractivity contribution in [3.8, 4) is 0 Å². The zero-order chi connectivity index (χ0) is 19.9. The molecular formula is C20H20FN5O2. The van der Waals surface area contributed by atoms with Crippen molar-refractivity contribution in [1.29, 1.82) is 0 Å². The van der Waals surface area contributed by atoms with Crippen molar-refractivity contribution in [1.82, 2.24) is 14.8 Å². The highest BCUT2D eigenvalue weighted by Gasteiger charge is 2.15. The Kier molecular flexibility index (Phi) is 6.11. The monoisotopic (exact) mass is 381 g/mol. The van der Waals surface area contributed by atoms with E-state index in [2.05, 4.69) is 20.7 Å². The lowest BCUT2D eigenvalue weighted by Gasteiger charge is -2.12. The minimum atomic E-state index is -0.496. The lowest BCUT2D eigenvalue weighted by atomic mass is 10.1. The van der Waals surface area contributed by atoms with Crippen molar-refractivity contribution in [2.24, 2.45) is 0 Å². The van der Waals surface area contributed by atoms with Gasteiger partial charge in [0.15, 0.2) is 0 Å². The van der Waals surface area contributed by atoms with Gasteiger partial charge in [-0.1, -0.05) is 12.1 Å². The second-order valence-electron chi connectivity index (χ2n) is 6.30. The summed E-state index contributed by atoms with van der Waals surface area (Å²) in [5.74, 6) is -0.702. The van der Waals surface area contributed by atoms with Crippen molar-refractivity contribution in [3.63, 3.8) is 0 Å². The minimum absolute atomic E-state index is 0.166. The number of amides is 2. The van der Waals surface area contributed by atoms with Crippen molar-refractivity contribution < 1.29 is 14.0 Å². The summed E-state index contributed by atoms with van der Waals surface area (Å²) in [6.07, 6.45) is 3.55. The van der Waals surface area contributed by atoms with Crippen LogP contribution in [0.1, 0.15) is 24.9 Å². The Morgan fingerprint density at radius 1 is 1.11 bits per heavy atom. The number of rotatable bonds is 7. The minimum Gasteiger partial charge on any atom is -0.326 e. The average Bonchev–Trinajstić information content (AvgIpc) is 3.22. The number of carbonyl (C=O) groups excluding carboxylic acids is 2. The summed E-state index contributed by atoms with van der Waals surface area (Å²) in [6, 6.07) is 12.5. The summed E-state index contributed by atoms with van der Waals surface area (Å²) in [4.78, 5) is 28.1. The highest BCUT2D eigenvalue weighted by atomic mass is 19.1. The number of nitrogens with zero attached hydrogens (tertiary/aromatic N) is 3. The maximum absolute atomic E-state index is 13.2. The van der Waals surface area contributed by atoms with Gasteiger partial charge in [0.1, 0.15) is 24.5 Å². The Labute approximate surface area is 161 Å². The molecular weight excluding hydrogens is 361 g/mol. The molecule has 0 saturated heterocycles. The van der Waals surface area contributed by atoms with Crippen molar-refractivity contribution >= 4 is 23.2 Å². The van der Waals surface area contributed by atoms with Gasteiger partial charge < -0.3 is 10.6 Å². The molecule has 1 heterocycles. The molecule has 0 aliphatic heterocycles. The Hall–Kier alpha value is -3.55. The molecule has 2 N–H and O–H groups in total. The van der Waals surface area contributed by atoms with E-state index in [0.717, 1.165) is 5.56 Å². The molecule has 0 unspecified atom stereocenters. The van der Waals surface area contributed by atoms with Crippen LogP contribution in [0.4, 0.5) is 15.8 Å². The van der Waals surface area contributed by atoms with Crippen LogP contribution in [0.2, 0.25) is 0 Å². The van der Waals surface area contributed by atoms with E-state index in [-0.39, 0.29) is 24.1 Å². The Bertz CT molecular complexity index is 941. The number of carbonyl (C=O) groups is 2. The fourth-order valence-electron chi connectivity index (χ4n) is 2.59. The molecule has 144 valence electrons. The molecule has 28 heavy (non-hydrogen) atoms. The first kappa shape index (κ1) is 19.2.